The Morgan fingerprint density at radius 3 is 2.44 bits per heavy atom. The van der Waals surface area contributed by atoms with Gasteiger partial charge < -0.3 is 10.2 Å². The van der Waals surface area contributed by atoms with Gasteiger partial charge in [0.05, 0.1) is 12.1 Å². The minimum Gasteiger partial charge on any atom is -0.354 e. The fourth-order valence-corrected chi connectivity index (χ4v) is 3.38. The van der Waals surface area contributed by atoms with Crippen LogP contribution in [0.25, 0.3) is 0 Å². The highest BCUT2D eigenvalue weighted by Gasteiger charge is 2.32. The quantitative estimate of drug-likeness (QED) is 0.357. The minimum absolute atomic E-state index is 0.0462. The van der Waals surface area contributed by atoms with Gasteiger partial charge in [0.1, 0.15) is 6.04 Å². The molecule has 0 heterocycles. The molecule has 1 N–H and O–H groups in total. The topological polar surface area (TPSA) is 49.4 Å². The van der Waals surface area contributed by atoms with Crippen LogP contribution in [0.5, 0.6) is 0 Å². The average molecular weight is 474 g/mol. The van der Waals surface area contributed by atoms with Gasteiger partial charge in [-0.15, -0.1) is 6.42 Å². The van der Waals surface area contributed by atoms with Crippen LogP contribution in [0.15, 0.2) is 54.6 Å². The zero-order valence-corrected chi connectivity index (χ0v) is 17.5. The molecule has 27 heavy (non-hydrogen) atoms. The van der Waals surface area contributed by atoms with Crippen molar-refractivity contribution in [1.82, 2.24) is 10.2 Å². The predicted octanol–water partition coefficient (Wildman–Crippen LogP) is 4.02. The van der Waals surface area contributed by atoms with Gasteiger partial charge >= 0.3 is 0 Å². The maximum atomic E-state index is 13.3. The number of hydrogen-bond donors (Lipinski definition) is 1. The Hall–Kier alpha value is -2.33. The van der Waals surface area contributed by atoms with Gasteiger partial charge in [-0.05, 0) is 46.7 Å². The highest BCUT2D eigenvalue weighted by atomic mass is 127. The molecule has 2 aromatic rings. The molecular formula is C22H23IN2O2. The molecule has 0 aliphatic carbocycles. The van der Waals surface area contributed by atoms with E-state index in [1.807, 2.05) is 48.5 Å². The van der Waals surface area contributed by atoms with Crippen LogP contribution in [0.1, 0.15) is 41.7 Å². The molecule has 0 saturated carbocycles. The summed E-state index contributed by atoms with van der Waals surface area (Å²) in [6.45, 7) is 2.68. The number of halogens is 1. The van der Waals surface area contributed by atoms with Crippen LogP contribution in [0.4, 0.5) is 0 Å². The maximum absolute atomic E-state index is 13.3. The Morgan fingerprint density at radius 2 is 1.81 bits per heavy atom. The molecule has 0 spiro atoms. The number of terminal acetylenes is 1. The summed E-state index contributed by atoms with van der Waals surface area (Å²) in [5.41, 5.74) is 1.27. The van der Waals surface area contributed by atoms with Crippen molar-refractivity contribution in [3.05, 3.63) is 69.3 Å². The molecule has 0 aromatic heterocycles. The molecule has 2 rings (SSSR count). The first-order valence-electron chi connectivity index (χ1n) is 8.91. The Morgan fingerprint density at radius 1 is 1.15 bits per heavy atom. The second-order valence-electron chi connectivity index (χ2n) is 6.07. The zero-order chi connectivity index (χ0) is 19.6. The third-order valence-electron chi connectivity index (χ3n) is 4.13. The molecule has 4 nitrogen and oxygen atoms in total. The lowest BCUT2D eigenvalue weighted by atomic mass is 10.0. The Kier molecular flexibility index (Phi) is 8.34. The number of benzene rings is 2. The first kappa shape index (κ1) is 21.0. The molecule has 0 fully saturated rings. The third-order valence-corrected chi connectivity index (χ3v) is 5.07. The molecule has 2 amide bonds. The maximum Gasteiger partial charge on any atom is 0.256 e. The SMILES string of the molecule is C#CCN(C(=O)c1ccccc1I)C(C(=O)NCCCC)c1ccccc1. The van der Waals surface area contributed by atoms with E-state index in [2.05, 4.69) is 40.8 Å². The molecule has 2 aromatic carbocycles. The number of unbranched alkanes of at least 4 members (excludes halogenated alkanes) is 1. The van der Waals surface area contributed by atoms with Crippen molar-refractivity contribution in [3.63, 3.8) is 0 Å². The van der Waals surface area contributed by atoms with E-state index in [1.165, 1.54) is 4.90 Å². The van der Waals surface area contributed by atoms with Gasteiger partial charge in [-0.3, -0.25) is 9.59 Å². The van der Waals surface area contributed by atoms with Gasteiger partial charge in [-0.25, -0.2) is 0 Å². The molecule has 0 aliphatic rings. The molecule has 0 bridgehead atoms. The summed E-state index contributed by atoms with van der Waals surface area (Å²) in [4.78, 5) is 27.7. The number of hydrogen-bond acceptors (Lipinski definition) is 2. The molecule has 1 atom stereocenters. The van der Waals surface area contributed by atoms with E-state index in [-0.39, 0.29) is 18.4 Å². The van der Waals surface area contributed by atoms with E-state index in [9.17, 15) is 9.59 Å². The van der Waals surface area contributed by atoms with Crippen molar-refractivity contribution in [2.75, 3.05) is 13.1 Å². The zero-order valence-electron chi connectivity index (χ0n) is 15.3. The summed E-state index contributed by atoms with van der Waals surface area (Å²) in [6, 6.07) is 15.8. The smallest absolute Gasteiger partial charge is 0.256 e. The molecule has 0 aliphatic heterocycles. The van der Waals surface area contributed by atoms with Gasteiger partial charge in [0.2, 0.25) is 5.91 Å². The summed E-state index contributed by atoms with van der Waals surface area (Å²) < 4.78 is 0.820. The number of carbonyl (C=O) groups is 2. The highest BCUT2D eigenvalue weighted by Crippen LogP contribution is 2.24. The van der Waals surface area contributed by atoms with Crippen molar-refractivity contribution in [2.24, 2.45) is 0 Å². The number of carbonyl (C=O) groups excluding carboxylic acids is 2. The summed E-state index contributed by atoms with van der Waals surface area (Å²) in [5, 5.41) is 2.94. The summed E-state index contributed by atoms with van der Waals surface area (Å²) in [7, 11) is 0. The Bertz CT molecular complexity index is 815. The van der Waals surface area contributed by atoms with E-state index in [0.717, 1.165) is 22.0 Å². The van der Waals surface area contributed by atoms with Crippen LogP contribution in [0.2, 0.25) is 0 Å². The molecule has 0 saturated heterocycles. The van der Waals surface area contributed by atoms with E-state index >= 15 is 0 Å². The van der Waals surface area contributed by atoms with Gasteiger partial charge in [-0.1, -0.05) is 61.7 Å². The monoisotopic (exact) mass is 474 g/mol. The fraction of sp³-hybridized carbons (Fsp3) is 0.273. The summed E-state index contributed by atoms with van der Waals surface area (Å²) >= 11 is 2.12. The standard InChI is InChI=1S/C22H23IN2O2/c1-3-5-15-24-21(26)20(17-11-7-6-8-12-17)25(16-4-2)22(27)18-13-9-10-14-19(18)23/h2,6-14,20H,3,5,15-16H2,1H3,(H,24,26). The van der Waals surface area contributed by atoms with Crippen molar-refractivity contribution >= 4 is 34.4 Å². The molecule has 5 heteroatoms. The first-order chi connectivity index (χ1) is 13.1. The van der Waals surface area contributed by atoms with Crippen LogP contribution in [-0.2, 0) is 4.79 Å². The lowest BCUT2D eigenvalue weighted by Gasteiger charge is -2.30. The number of rotatable bonds is 8. The summed E-state index contributed by atoms with van der Waals surface area (Å²) in [6.07, 6.45) is 7.40. The van der Waals surface area contributed by atoms with E-state index in [4.69, 9.17) is 6.42 Å². The number of nitrogens with zero attached hydrogens (tertiary/aromatic N) is 1. The van der Waals surface area contributed by atoms with Gasteiger partial charge in [0.15, 0.2) is 0 Å². The largest absolute Gasteiger partial charge is 0.354 e. The van der Waals surface area contributed by atoms with Crippen LogP contribution in [0.3, 0.4) is 0 Å². The van der Waals surface area contributed by atoms with Crippen LogP contribution in [-0.4, -0.2) is 29.8 Å². The molecule has 1 unspecified atom stereocenters. The van der Waals surface area contributed by atoms with Crippen LogP contribution >= 0.6 is 22.6 Å². The highest BCUT2D eigenvalue weighted by molar-refractivity contribution is 14.1. The number of amides is 2. The van der Waals surface area contributed by atoms with E-state index < -0.39 is 6.04 Å². The van der Waals surface area contributed by atoms with E-state index in [0.29, 0.717) is 12.1 Å². The van der Waals surface area contributed by atoms with Gasteiger partial charge in [-0.2, -0.15) is 0 Å². The van der Waals surface area contributed by atoms with Crippen molar-refractivity contribution in [1.29, 1.82) is 0 Å². The van der Waals surface area contributed by atoms with Crippen molar-refractivity contribution in [3.8, 4) is 12.3 Å². The lowest BCUT2D eigenvalue weighted by molar-refractivity contribution is -0.125. The molecular weight excluding hydrogens is 451 g/mol. The Labute approximate surface area is 174 Å². The van der Waals surface area contributed by atoms with Crippen molar-refractivity contribution in [2.45, 2.75) is 25.8 Å². The number of nitrogens with one attached hydrogen (secondary N) is 1. The Balaban J connectivity index is 2.42. The lowest BCUT2D eigenvalue weighted by Crippen LogP contribution is -2.44. The van der Waals surface area contributed by atoms with Gasteiger partial charge in [0, 0.05) is 10.1 Å². The second-order valence-corrected chi connectivity index (χ2v) is 7.24. The van der Waals surface area contributed by atoms with Crippen LogP contribution < -0.4 is 5.32 Å². The second kappa shape index (κ2) is 10.7. The average Bonchev–Trinajstić information content (AvgIpc) is 2.68. The van der Waals surface area contributed by atoms with Crippen molar-refractivity contribution < 1.29 is 9.59 Å². The van der Waals surface area contributed by atoms with Crippen LogP contribution in [0, 0.1) is 15.9 Å². The fourth-order valence-electron chi connectivity index (χ4n) is 2.76. The predicted molar refractivity (Wildman–Crippen MR) is 116 cm³/mol. The summed E-state index contributed by atoms with van der Waals surface area (Å²) in [5.74, 6) is 2.06. The minimum atomic E-state index is -0.775. The third kappa shape index (κ3) is 5.57. The van der Waals surface area contributed by atoms with E-state index in [1.54, 1.807) is 6.07 Å². The molecule has 0 radical (unpaired) electrons. The van der Waals surface area contributed by atoms with Gasteiger partial charge in [0.25, 0.3) is 5.91 Å². The first-order valence-corrected chi connectivity index (χ1v) is 9.99. The molecule has 140 valence electrons. The normalized spacial score (nSPS) is 11.3.